The second-order valence-corrected chi connectivity index (χ2v) is 12.8. The molecule has 0 aromatic carbocycles. The molecule has 0 spiro atoms. The van der Waals surface area contributed by atoms with Gasteiger partial charge in [-0.3, -0.25) is 9.69 Å². The van der Waals surface area contributed by atoms with Crippen molar-refractivity contribution >= 4 is 43.5 Å². The van der Waals surface area contributed by atoms with E-state index in [9.17, 15) is 13.2 Å². The topological polar surface area (TPSA) is 111 Å². The van der Waals surface area contributed by atoms with Crippen molar-refractivity contribution in [3.63, 3.8) is 0 Å². The Labute approximate surface area is 211 Å². The molecule has 0 atom stereocenters. The minimum absolute atomic E-state index is 0.255. The van der Waals surface area contributed by atoms with Gasteiger partial charge in [0.05, 0.1) is 11.9 Å². The summed E-state index contributed by atoms with van der Waals surface area (Å²) in [4.78, 5) is 27.9. The maximum atomic E-state index is 12.5. The normalized spacial score (nSPS) is 23.7. The number of hydrogen-bond donors (Lipinski definition) is 2. The molecule has 1 aliphatic carbocycles. The Kier molecular flexibility index (Phi) is 7.27. The van der Waals surface area contributed by atoms with Crippen molar-refractivity contribution in [1.82, 2.24) is 28.8 Å². The van der Waals surface area contributed by atoms with Crippen LogP contribution < -0.4 is 10.0 Å². The van der Waals surface area contributed by atoms with E-state index in [1.807, 2.05) is 4.90 Å². The van der Waals surface area contributed by atoms with Crippen LogP contribution in [0, 0.1) is 0 Å². The van der Waals surface area contributed by atoms with Crippen molar-refractivity contribution < 1.29 is 13.2 Å². The van der Waals surface area contributed by atoms with Gasteiger partial charge >= 0.3 is 0 Å². The second kappa shape index (κ2) is 10.3. The molecule has 5 rings (SSSR count). The summed E-state index contributed by atoms with van der Waals surface area (Å²) in [5.74, 6) is 1.06. The molecule has 0 unspecified atom stereocenters. The van der Waals surface area contributed by atoms with Gasteiger partial charge in [0.2, 0.25) is 5.91 Å². The molecular weight excluding hydrogens is 486 g/mol. The van der Waals surface area contributed by atoms with E-state index in [-0.39, 0.29) is 5.91 Å². The third-order valence-electron chi connectivity index (χ3n) is 7.70. The first-order chi connectivity index (χ1) is 16.9. The van der Waals surface area contributed by atoms with Crippen molar-refractivity contribution in [3.8, 4) is 0 Å². The molecule has 1 saturated carbocycles. The van der Waals surface area contributed by atoms with Crippen LogP contribution in [-0.2, 0) is 28.0 Å². The van der Waals surface area contributed by atoms with Gasteiger partial charge in [-0.15, -0.1) is 11.3 Å². The summed E-state index contributed by atoms with van der Waals surface area (Å²) in [7, 11) is 0.0355. The van der Waals surface area contributed by atoms with Crippen LogP contribution in [-0.4, -0.2) is 90.8 Å². The van der Waals surface area contributed by atoms with Gasteiger partial charge in [-0.25, -0.2) is 14.7 Å². The highest BCUT2D eigenvalue weighted by Gasteiger charge is 2.31. The van der Waals surface area contributed by atoms with Crippen LogP contribution in [0.4, 0.5) is 5.82 Å². The Balaban J connectivity index is 1.24. The highest BCUT2D eigenvalue weighted by Crippen LogP contribution is 2.38. The third kappa shape index (κ3) is 5.17. The first-order valence-electron chi connectivity index (χ1n) is 12.5. The summed E-state index contributed by atoms with van der Waals surface area (Å²) in [6, 6.07) is 0.711. The van der Waals surface area contributed by atoms with Gasteiger partial charge in [0.1, 0.15) is 17.0 Å². The van der Waals surface area contributed by atoms with E-state index >= 15 is 0 Å². The van der Waals surface area contributed by atoms with Crippen LogP contribution in [0.2, 0.25) is 0 Å². The number of fused-ring (bicyclic) bond motifs is 3. The summed E-state index contributed by atoms with van der Waals surface area (Å²) in [5.41, 5.74) is 1.02. The zero-order valence-corrected chi connectivity index (χ0v) is 22.1. The molecule has 2 aliphatic heterocycles. The van der Waals surface area contributed by atoms with E-state index < -0.39 is 10.2 Å². The maximum Gasteiger partial charge on any atom is 0.279 e. The van der Waals surface area contributed by atoms with Crippen LogP contribution in [0.25, 0.3) is 10.2 Å². The van der Waals surface area contributed by atoms with Crippen molar-refractivity contribution in [3.05, 3.63) is 16.8 Å². The number of nitrogens with one attached hydrogen (secondary N) is 2. The average molecular weight is 522 g/mol. The van der Waals surface area contributed by atoms with E-state index in [4.69, 9.17) is 0 Å². The lowest BCUT2D eigenvalue weighted by Gasteiger charge is -2.35. The molecule has 12 heteroatoms. The number of hydrogen-bond acceptors (Lipinski definition) is 8. The van der Waals surface area contributed by atoms with Gasteiger partial charge in [-0.1, -0.05) is 0 Å². The number of carbonyl (C=O) groups excluding carboxylic acids is 1. The number of thiophene rings is 1. The van der Waals surface area contributed by atoms with Crippen molar-refractivity contribution in [2.75, 3.05) is 45.6 Å². The number of likely N-dealkylation sites (tertiary alicyclic amines) is 1. The van der Waals surface area contributed by atoms with Crippen molar-refractivity contribution in [2.24, 2.45) is 0 Å². The lowest BCUT2D eigenvalue weighted by atomic mass is 9.90. The molecule has 1 amide bonds. The van der Waals surface area contributed by atoms with Crippen LogP contribution >= 0.6 is 11.3 Å². The maximum absolute atomic E-state index is 12.5. The Hall–Kier alpha value is -1.86. The number of rotatable bonds is 7. The fourth-order valence-corrected chi connectivity index (χ4v) is 7.62. The zero-order valence-electron chi connectivity index (χ0n) is 20.5. The molecule has 192 valence electrons. The standard InChI is InChI=1S/C23H35N7O3S2/c1-24-35(32,33)30-12-9-19-18(13-30)21-22(25-15-26-23(21)34-19)27-16-5-7-17(8-6-16)28(2)14-20(31)29-10-3-4-11-29/h15-17,24H,3-14H2,1-2H3,(H,25,26,27)/t16-,17-. The molecule has 4 heterocycles. The molecule has 2 N–H and O–H groups in total. The van der Waals surface area contributed by atoms with Gasteiger partial charge in [-0.05, 0) is 57.6 Å². The lowest BCUT2D eigenvalue weighted by molar-refractivity contribution is -0.131. The van der Waals surface area contributed by atoms with E-state index in [1.165, 1.54) is 16.2 Å². The molecule has 2 aromatic rings. The second-order valence-electron chi connectivity index (χ2n) is 9.85. The van der Waals surface area contributed by atoms with Crippen LogP contribution in [0.1, 0.15) is 49.0 Å². The van der Waals surface area contributed by atoms with Gasteiger partial charge in [-0.2, -0.15) is 12.7 Å². The van der Waals surface area contributed by atoms with E-state index in [0.29, 0.717) is 38.1 Å². The number of anilines is 1. The zero-order chi connectivity index (χ0) is 24.6. The minimum Gasteiger partial charge on any atom is -0.367 e. The van der Waals surface area contributed by atoms with E-state index in [2.05, 4.69) is 32.0 Å². The largest absolute Gasteiger partial charge is 0.367 e. The predicted molar refractivity (Wildman–Crippen MR) is 138 cm³/mol. The quantitative estimate of drug-likeness (QED) is 0.572. The van der Waals surface area contributed by atoms with Crippen LogP contribution in [0.5, 0.6) is 0 Å². The highest BCUT2D eigenvalue weighted by atomic mass is 32.2. The SMILES string of the molecule is CNS(=O)(=O)N1CCc2sc3ncnc(N[C@H]4CC[C@H](N(C)CC(=O)N5CCCC5)CC4)c3c2C1. The van der Waals surface area contributed by atoms with Crippen LogP contribution in [0.3, 0.4) is 0 Å². The van der Waals surface area contributed by atoms with Gasteiger partial charge < -0.3 is 10.2 Å². The van der Waals surface area contributed by atoms with Gasteiger partial charge in [0, 0.05) is 50.2 Å². The summed E-state index contributed by atoms with van der Waals surface area (Å²) in [5, 5.41) is 4.61. The fourth-order valence-electron chi connectivity index (χ4n) is 5.59. The monoisotopic (exact) mass is 521 g/mol. The van der Waals surface area contributed by atoms with Crippen molar-refractivity contribution in [2.45, 2.75) is 63.6 Å². The lowest BCUT2D eigenvalue weighted by Crippen LogP contribution is -2.44. The molecule has 35 heavy (non-hydrogen) atoms. The molecule has 1 saturated heterocycles. The third-order valence-corrected chi connectivity index (χ3v) is 10.4. The predicted octanol–water partition coefficient (Wildman–Crippen LogP) is 1.79. The Bertz CT molecular complexity index is 1170. The molecule has 10 nitrogen and oxygen atoms in total. The smallest absolute Gasteiger partial charge is 0.279 e. The fraction of sp³-hybridized carbons (Fsp3) is 0.696. The number of aromatic nitrogens is 2. The van der Waals surface area contributed by atoms with Crippen molar-refractivity contribution in [1.29, 1.82) is 0 Å². The molecule has 2 fully saturated rings. The number of nitrogens with zero attached hydrogens (tertiary/aromatic N) is 5. The average Bonchev–Trinajstić information content (AvgIpc) is 3.53. The van der Waals surface area contributed by atoms with Gasteiger partial charge in [0.25, 0.3) is 10.2 Å². The molecular formula is C23H35N7O3S2. The summed E-state index contributed by atoms with van der Waals surface area (Å²) >= 11 is 1.64. The summed E-state index contributed by atoms with van der Waals surface area (Å²) < 4.78 is 28.7. The molecule has 0 bridgehead atoms. The Morgan fingerprint density at radius 3 is 2.63 bits per heavy atom. The van der Waals surface area contributed by atoms with E-state index in [0.717, 1.165) is 73.2 Å². The number of carbonyl (C=O) groups is 1. The summed E-state index contributed by atoms with van der Waals surface area (Å²) in [6.45, 7) is 3.12. The molecule has 0 radical (unpaired) electrons. The minimum atomic E-state index is -3.48. The number of amides is 1. The Morgan fingerprint density at radius 2 is 1.91 bits per heavy atom. The first kappa shape index (κ1) is 24.8. The van der Waals surface area contributed by atoms with Crippen LogP contribution in [0.15, 0.2) is 6.33 Å². The van der Waals surface area contributed by atoms with Gasteiger partial charge in [0.15, 0.2) is 0 Å². The highest BCUT2D eigenvalue weighted by molar-refractivity contribution is 7.87. The van der Waals surface area contributed by atoms with E-state index in [1.54, 1.807) is 17.7 Å². The molecule has 2 aromatic heterocycles. The Morgan fingerprint density at radius 1 is 1.17 bits per heavy atom. The number of likely N-dealkylation sites (N-methyl/N-ethyl adjacent to an activating group) is 1. The summed E-state index contributed by atoms with van der Waals surface area (Å²) in [6.07, 6.45) is 8.61. The molecule has 3 aliphatic rings. The first-order valence-corrected chi connectivity index (χ1v) is 14.8.